The third-order valence-corrected chi connectivity index (χ3v) is 2.47. The maximum atomic E-state index is 12.6. The highest BCUT2D eigenvalue weighted by atomic mass is 19.4. The van der Waals surface area contributed by atoms with Gasteiger partial charge < -0.3 is 5.32 Å². The summed E-state index contributed by atoms with van der Waals surface area (Å²) in [7, 11) is 0. The fraction of sp³-hybridized carbons (Fsp3) is 0.444. The zero-order chi connectivity index (χ0) is 12.0. The molecule has 5 nitrogen and oxygen atoms in total. The van der Waals surface area contributed by atoms with Crippen LogP contribution >= 0.6 is 0 Å². The third kappa shape index (κ3) is 1.90. The summed E-state index contributed by atoms with van der Waals surface area (Å²) in [4.78, 5) is 7.10. The molecule has 0 unspecified atom stereocenters. The number of nitrogens with zero attached hydrogens (tertiary/aromatic N) is 4. The summed E-state index contributed by atoms with van der Waals surface area (Å²) in [6.45, 7) is 0. The number of aromatic nitrogens is 4. The van der Waals surface area contributed by atoms with Crippen LogP contribution in [0.2, 0.25) is 0 Å². The van der Waals surface area contributed by atoms with E-state index in [1.165, 1.54) is 10.8 Å². The highest BCUT2D eigenvalue weighted by molar-refractivity contribution is 5.46. The summed E-state index contributed by atoms with van der Waals surface area (Å²) < 4.78 is 39.1. The van der Waals surface area contributed by atoms with Crippen molar-refractivity contribution in [3.63, 3.8) is 0 Å². The lowest BCUT2D eigenvalue weighted by Crippen LogP contribution is -2.14. The van der Waals surface area contributed by atoms with Crippen molar-refractivity contribution in [2.45, 2.75) is 25.1 Å². The summed E-state index contributed by atoms with van der Waals surface area (Å²) in [5, 5.41) is 6.81. The largest absolute Gasteiger partial charge is 0.433 e. The Hall–Kier alpha value is -1.86. The molecular formula is C9H8F3N5. The summed E-state index contributed by atoms with van der Waals surface area (Å²) in [5.41, 5.74) is -0.957. The van der Waals surface area contributed by atoms with Crippen molar-refractivity contribution in [3.05, 3.63) is 18.1 Å². The lowest BCUT2D eigenvalue weighted by Gasteiger charge is -2.10. The molecule has 1 aliphatic carbocycles. The summed E-state index contributed by atoms with van der Waals surface area (Å²) in [6.07, 6.45) is -1.38. The smallest absolute Gasteiger partial charge is 0.367 e. The first-order chi connectivity index (χ1) is 8.04. The average Bonchev–Trinajstić information content (AvgIpc) is 2.92. The van der Waals surface area contributed by atoms with E-state index in [1.807, 2.05) is 0 Å². The van der Waals surface area contributed by atoms with Crippen LogP contribution in [-0.4, -0.2) is 25.6 Å². The molecule has 0 spiro atoms. The van der Waals surface area contributed by atoms with Gasteiger partial charge in [0.15, 0.2) is 5.69 Å². The highest BCUT2D eigenvalue weighted by Crippen LogP contribution is 2.31. The van der Waals surface area contributed by atoms with Gasteiger partial charge in [0.05, 0.1) is 0 Å². The molecule has 90 valence electrons. The fourth-order valence-electron chi connectivity index (χ4n) is 1.50. The molecular weight excluding hydrogens is 235 g/mol. The predicted octanol–water partition coefficient (Wildman–Crippen LogP) is 1.72. The minimum atomic E-state index is -4.48. The second kappa shape index (κ2) is 3.31. The van der Waals surface area contributed by atoms with E-state index in [0.717, 1.165) is 18.9 Å². The van der Waals surface area contributed by atoms with Gasteiger partial charge in [-0.2, -0.15) is 27.8 Å². The van der Waals surface area contributed by atoms with Crippen molar-refractivity contribution < 1.29 is 13.2 Å². The van der Waals surface area contributed by atoms with Crippen LogP contribution in [0.15, 0.2) is 12.4 Å². The fourth-order valence-corrected chi connectivity index (χ4v) is 1.50. The Bertz CT molecular complexity index is 557. The van der Waals surface area contributed by atoms with Gasteiger partial charge in [0.1, 0.15) is 12.1 Å². The zero-order valence-corrected chi connectivity index (χ0v) is 8.57. The SMILES string of the molecule is FC(F)(F)c1cc(NC2CC2)n2ncnc2n1. The van der Waals surface area contributed by atoms with Crippen LogP contribution < -0.4 is 5.32 Å². The lowest BCUT2D eigenvalue weighted by atomic mass is 10.3. The van der Waals surface area contributed by atoms with Crippen LogP contribution in [0.3, 0.4) is 0 Å². The van der Waals surface area contributed by atoms with Crippen molar-refractivity contribution in [1.82, 2.24) is 19.6 Å². The summed E-state index contributed by atoms with van der Waals surface area (Å²) in [6, 6.07) is 1.19. The van der Waals surface area contributed by atoms with Crippen molar-refractivity contribution >= 4 is 11.6 Å². The Kier molecular flexibility index (Phi) is 2.01. The minimum absolute atomic E-state index is 0.0528. The topological polar surface area (TPSA) is 55.1 Å². The van der Waals surface area contributed by atoms with Crippen LogP contribution in [0.1, 0.15) is 18.5 Å². The van der Waals surface area contributed by atoms with E-state index < -0.39 is 11.9 Å². The number of nitrogens with one attached hydrogen (secondary N) is 1. The van der Waals surface area contributed by atoms with Crippen molar-refractivity contribution in [2.75, 3.05) is 5.32 Å². The standard InChI is InChI=1S/C9H8F3N5/c10-9(11,12)6-3-7(15-5-1-2-5)17-8(16-6)13-4-14-17/h3-5,15H,1-2H2. The van der Waals surface area contributed by atoms with Gasteiger partial charge in [-0.3, -0.25) is 0 Å². The Balaban J connectivity index is 2.12. The van der Waals surface area contributed by atoms with Crippen LogP contribution in [0, 0.1) is 0 Å². The molecule has 1 aliphatic rings. The Morgan fingerprint density at radius 1 is 1.35 bits per heavy atom. The van der Waals surface area contributed by atoms with Gasteiger partial charge >= 0.3 is 6.18 Å². The van der Waals surface area contributed by atoms with Crippen LogP contribution in [-0.2, 0) is 6.18 Å². The van der Waals surface area contributed by atoms with E-state index in [4.69, 9.17) is 0 Å². The molecule has 0 bridgehead atoms. The third-order valence-electron chi connectivity index (χ3n) is 2.47. The van der Waals surface area contributed by atoms with E-state index in [-0.39, 0.29) is 17.6 Å². The maximum Gasteiger partial charge on any atom is 0.433 e. The van der Waals surface area contributed by atoms with E-state index in [2.05, 4.69) is 20.4 Å². The molecule has 2 heterocycles. The number of hydrogen-bond donors (Lipinski definition) is 1. The first kappa shape index (κ1) is 10.3. The van der Waals surface area contributed by atoms with E-state index >= 15 is 0 Å². The molecule has 0 aromatic carbocycles. The van der Waals surface area contributed by atoms with E-state index in [1.54, 1.807) is 0 Å². The van der Waals surface area contributed by atoms with E-state index in [0.29, 0.717) is 0 Å². The first-order valence-corrected chi connectivity index (χ1v) is 5.08. The molecule has 2 aromatic heterocycles. The quantitative estimate of drug-likeness (QED) is 0.872. The highest BCUT2D eigenvalue weighted by Gasteiger charge is 2.34. The molecule has 0 aliphatic heterocycles. The molecule has 1 saturated carbocycles. The van der Waals surface area contributed by atoms with Crippen LogP contribution in [0.4, 0.5) is 19.0 Å². The van der Waals surface area contributed by atoms with Gasteiger partial charge in [-0.1, -0.05) is 0 Å². The molecule has 8 heteroatoms. The molecule has 17 heavy (non-hydrogen) atoms. The number of alkyl halides is 3. The van der Waals surface area contributed by atoms with Crippen LogP contribution in [0.25, 0.3) is 5.78 Å². The maximum absolute atomic E-state index is 12.6. The Morgan fingerprint density at radius 3 is 2.76 bits per heavy atom. The van der Waals surface area contributed by atoms with Gasteiger partial charge in [0, 0.05) is 12.1 Å². The van der Waals surface area contributed by atoms with E-state index in [9.17, 15) is 13.2 Å². The lowest BCUT2D eigenvalue weighted by molar-refractivity contribution is -0.141. The van der Waals surface area contributed by atoms with Gasteiger partial charge in [-0.25, -0.2) is 4.98 Å². The predicted molar refractivity (Wildman–Crippen MR) is 52.4 cm³/mol. The molecule has 0 amide bonds. The minimum Gasteiger partial charge on any atom is -0.367 e. The molecule has 1 N–H and O–H groups in total. The van der Waals surface area contributed by atoms with Gasteiger partial charge in [-0.05, 0) is 12.8 Å². The summed E-state index contributed by atoms with van der Waals surface area (Å²) in [5.74, 6) is 0.227. The Labute approximate surface area is 93.7 Å². The van der Waals surface area contributed by atoms with Gasteiger partial charge in [-0.15, -0.1) is 0 Å². The molecule has 2 aromatic rings. The zero-order valence-electron chi connectivity index (χ0n) is 8.57. The van der Waals surface area contributed by atoms with Gasteiger partial charge in [0.25, 0.3) is 5.78 Å². The normalized spacial score (nSPS) is 16.4. The van der Waals surface area contributed by atoms with Crippen LogP contribution in [0.5, 0.6) is 0 Å². The number of halogens is 3. The average molecular weight is 243 g/mol. The molecule has 0 saturated heterocycles. The molecule has 0 atom stereocenters. The van der Waals surface area contributed by atoms with Crippen molar-refractivity contribution in [2.24, 2.45) is 0 Å². The van der Waals surface area contributed by atoms with Crippen molar-refractivity contribution in [3.8, 4) is 0 Å². The molecule has 3 rings (SSSR count). The number of rotatable bonds is 2. The number of fused-ring (bicyclic) bond motifs is 1. The summed E-state index contributed by atoms with van der Waals surface area (Å²) >= 11 is 0. The number of hydrogen-bond acceptors (Lipinski definition) is 4. The second-order valence-electron chi connectivity index (χ2n) is 3.91. The molecule has 0 radical (unpaired) electrons. The molecule has 1 fully saturated rings. The monoisotopic (exact) mass is 243 g/mol. The Morgan fingerprint density at radius 2 is 2.12 bits per heavy atom. The van der Waals surface area contributed by atoms with Gasteiger partial charge in [0.2, 0.25) is 0 Å². The second-order valence-corrected chi connectivity index (χ2v) is 3.91. The number of anilines is 1. The van der Waals surface area contributed by atoms with Crippen molar-refractivity contribution in [1.29, 1.82) is 0 Å². The first-order valence-electron chi connectivity index (χ1n) is 5.08.